The van der Waals surface area contributed by atoms with Crippen molar-refractivity contribution in [1.29, 1.82) is 0 Å². The summed E-state index contributed by atoms with van der Waals surface area (Å²) in [6.45, 7) is 4.03. The Hall–Kier alpha value is -1.56. The van der Waals surface area contributed by atoms with Crippen molar-refractivity contribution in [3.05, 3.63) is 63.2 Å². The highest BCUT2D eigenvalue weighted by Gasteiger charge is 2.09. The zero-order valence-electron chi connectivity index (χ0n) is 12.1. The van der Waals surface area contributed by atoms with Crippen molar-refractivity contribution in [2.45, 2.75) is 19.9 Å². The molecule has 2 rings (SSSR count). The first-order chi connectivity index (χ1) is 10.0. The fourth-order valence-electron chi connectivity index (χ4n) is 1.90. The molecule has 0 unspecified atom stereocenters. The van der Waals surface area contributed by atoms with Crippen LogP contribution in [0.15, 0.2) is 48.5 Å². The Labute approximate surface area is 138 Å². The van der Waals surface area contributed by atoms with Crippen LogP contribution in [-0.2, 0) is 4.79 Å². The Morgan fingerprint density at radius 2 is 1.76 bits per heavy atom. The predicted molar refractivity (Wildman–Crippen MR) is 92.4 cm³/mol. The molecule has 1 atom stereocenters. The highest BCUT2D eigenvalue weighted by Crippen LogP contribution is 2.14. The third-order valence-corrected chi connectivity index (χ3v) is 3.86. The van der Waals surface area contributed by atoms with E-state index in [0.29, 0.717) is 5.75 Å². The molecule has 21 heavy (non-hydrogen) atoms. The molecule has 0 aliphatic rings. The molecular weight excluding hydrogens is 377 g/mol. The van der Waals surface area contributed by atoms with E-state index in [-0.39, 0.29) is 18.6 Å². The van der Waals surface area contributed by atoms with E-state index < -0.39 is 0 Å². The summed E-state index contributed by atoms with van der Waals surface area (Å²) in [7, 11) is 0. The normalized spacial score (nSPS) is 11.8. The van der Waals surface area contributed by atoms with Gasteiger partial charge in [0, 0.05) is 3.57 Å². The molecule has 0 aromatic heterocycles. The highest BCUT2D eigenvalue weighted by atomic mass is 127. The lowest BCUT2D eigenvalue weighted by Gasteiger charge is -2.15. The molecule has 2 aromatic carbocycles. The van der Waals surface area contributed by atoms with Gasteiger partial charge in [-0.05, 0) is 66.3 Å². The molecule has 1 amide bonds. The summed E-state index contributed by atoms with van der Waals surface area (Å²) in [5.41, 5.74) is 2.29. The summed E-state index contributed by atoms with van der Waals surface area (Å²) in [5, 5.41) is 2.93. The molecule has 0 aliphatic carbocycles. The zero-order chi connectivity index (χ0) is 15.2. The van der Waals surface area contributed by atoms with Gasteiger partial charge in [0.25, 0.3) is 5.91 Å². The average Bonchev–Trinajstić information content (AvgIpc) is 2.47. The van der Waals surface area contributed by atoms with Gasteiger partial charge in [0.1, 0.15) is 5.75 Å². The molecule has 3 nitrogen and oxygen atoms in total. The zero-order valence-corrected chi connectivity index (χ0v) is 14.3. The van der Waals surface area contributed by atoms with Crippen LogP contribution in [-0.4, -0.2) is 12.5 Å². The van der Waals surface area contributed by atoms with Crippen LogP contribution >= 0.6 is 22.6 Å². The number of carbonyl (C=O) groups excluding carboxylic acids is 1. The first kappa shape index (κ1) is 15.8. The number of ether oxygens (including phenoxy) is 1. The molecule has 110 valence electrons. The van der Waals surface area contributed by atoms with E-state index in [1.54, 1.807) is 0 Å². The second-order valence-electron chi connectivity index (χ2n) is 4.94. The molecule has 0 radical (unpaired) electrons. The summed E-state index contributed by atoms with van der Waals surface area (Å²) >= 11 is 2.23. The Morgan fingerprint density at radius 1 is 1.14 bits per heavy atom. The van der Waals surface area contributed by atoms with Crippen molar-refractivity contribution < 1.29 is 9.53 Å². The molecule has 1 N–H and O–H groups in total. The van der Waals surface area contributed by atoms with Gasteiger partial charge >= 0.3 is 0 Å². The predicted octanol–water partition coefficient (Wildman–Crippen LogP) is 3.86. The van der Waals surface area contributed by atoms with E-state index in [1.165, 1.54) is 5.56 Å². The third-order valence-electron chi connectivity index (χ3n) is 3.14. The molecule has 0 aliphatic heterocycles. The van der Waals surface area contributed by atoms with Crippen molar-refractivity contribution in [1.82, 2.24) is 5.32 Å². The maximum atomic E-state index is 11.9. The van der Waals surface area contributed by atoms with Crippen LogP contribution < -0.4 is 10.1 Å². The van der Waals surface area contributed by atoms with Gasteiger partial charge in [0.15, 0.2) is 6.61 Å². The van der Waals surface area contributed by atoms with Crippen LogP contribution in [0.3, 0.4) is 0 Å². The summed E-state index contributed by atoms with van der Waals surface area (Å²) in [4.78, 5) is 11.9. The van der Waals surface area contributed by atoms with Gasteiger partial charge in [-0.1, -0.05) is 29.8 Å². The van der Waals surface area contributed by atoms with Gasteiger partial charge in [0.05, 0.1) is 6.04 Å². The lowest BCUT2D eigenvalue weighted by atomic mass is 10.1. The second kappa shape index (κ2) is 7.45. The topological polar surface area (TPSA) is 38.3 Å². The highest BCUT2D eigenvalue weighted by molar-refractivity contribution is 14.1. The number of hydrogen-bond donors (Lipinski definition) is 1. The first-order valence-electron chi connectivity index (χ1n) is 6.79. The lowest BCUT2D eigenvalue weighted by molar-refractivity contribution is -0.123. The SMILES string of the molecule is Cc1ccc([C@@H](C)NC(=O)COc2ccc(I)cc2)cc1. The number of nitrogens with one attached hydrogen (secondary N) is 1. The van der Waals surface area contributed by atoms with Gasteiger partial charge in [-0.15, -0.1) is 0 Å². The minimum absolute atomic E-state index is 0.0246. The van der Waals surface area contributed by atoms with E-state index in [4.69, 9.17) is 4.74 Å². The third kappa shape index (κ3) is 5.04. The van der Waals surface area contributed by atoms with E-state index in [1.807, 2.05) is 62.4 Å². The van der Waals surface area contributed by atoms with Crippen LogP contribution in [0, 0.1) is 10.5 Å². The Bertz CT molecular complexity index is 593. The van der Waals surface area contributed by atoms with Gasteiger partial charge in [-0.3, -0.25) is 4.79 Å². The van der Waals surface area contributed by atoms with Gasteiger partial charge in [-0.2, -0.15) is 0 Å². The summed E-state index contributed by atoms with van der Waals surface area (Å²) < 4.78 is 6.60. The molecule has 0 fully saturated rings. The van der Waals surface area contributed by atoms with Crippen molar-refractivity contribution in [2.24, 2.45) is 0 Å². The van der Waals surface area contributed by atoms with Crippen LogP contribution in [0.4, 0.5) is 0 Å². The smallest absolute Gasteiger partial charge is 0.258 e. The lowest BCUT2D eigenvalue weighted by Crippen LogP contribution is -2.31. The molecule has 0 saturated heterocycles. The fourth-order valence-corrected chi connectivity index (χ4v) is 2.26. The maximum Gasteiger partial charge on any atom is 0.258 e. The minimum atomic E-state index is -0.123. The monoisotopic (exact) mass is 395 g/mol. The Morgan fingerprint density at radius 3 is 2.38 bits per heavy atom. The van der Waals surface area contributed by atoms with Crippen LogP contribution in [0.1, 0.15) is 24.1 Å². The average molecular weight is 395 g/mol. The van der Waals surface area contributed by atoms with Crippen molar-refractivity contribution in [3.8, 4) is 5.75 Å². The Balaban J connectivity index is 1.83. The number of benzene rings is 2. The van der Waals surface area contributed by atoms with Gasteiger partial charge in [0.2, 0.25) is 0 Å². The summed E-state index contributed by atoms with van der Waals surface area (Å²) in [6.07, 6.45) is 0. The summed E-state index contributed by atoms with van der Waals surface area (Å²) in [6, 6.07) is 15.7. The standard InChI is InChI=1S/C17H18INO2/c1-12-3-5-14(6-4-12)13(2)19-17(20)11-21-16-9-7-15(18)8-10-16/h3-10,13H,11H2,1-2H3,(H,19,20)/t13-/m1/s1. The number of carbonyl (C=O) groups is 1. The van der Waals surface area contributed by atoms with Crippen LogP contribution in [0.2, 0.25) is 0 Å². The van der Waals surface area contributed by atoms with Crippen molar-refractivity contribution >= 4 is 28.5 Å². The molecular formula is C17H18INO2. The number of amides is 1. The van der Waals surface area contributed by atoms with Crippen molar-refractivity contribution in [2.75, 3.05) is 6.61 Å². The van der Waals surface area contributed by atoms with Crippen molar-refractivity contribution in [3.63, 3.8) is 0 Å². The van der Waals surface area contributed by atoms with Crippen LogP contribution in [0.25, 0.3) is 0 Å². The van der Waals surface area contributed by atoms with Crippen LogP contribution in [0.5, 0.6) is 5.75 Å². The number of rotatable bonds is 5. The minimum Gasteiger partial charge on any atom is -0.484 e. The Kier molecular flexibility index (Phi) is 5.61. The number of aryl methyl sites for hydroxylation is 1. The number of hydrogen-bond acceptors (Lipinski definition) is 2. The first-order valence-corrected chi connectivity index (χ1v) is 7.87. The fraction of sp³-hybridized carbons (Fsp3) is 0.235. The molecule has 0 heterocycles. The van der Waals surface area contributed by atoms with E-state index >= 15 is 0 Å². The van der Waals surface area contributed by atoms with Gasteiger partial charge in [-0.25, -0.2) is 0 Å². The molecule has 0 saturated carbocycles. The molecule has 4 heteroatoms. The quantitative estimate of drug-likeness (QED) is 0.782. The largest absolute Gasteiger partial charge is 0.484 e. The van der Waals surface area contributed by atoms with E-state index in [2.05, 4.69) is 27.9 Å². The molecule has 0 bridgehead atoms. The number of halogens is 1. The maximum absolute atomic E-state index is 11.9. The second-order valence-corrected chi connectivity index (χ2v) is 6.19. The summed E-state index contributed by atoms with van der Waals surface area (Å²) in [5.74, 6) is 0.579. The van der Waals surface area contributed by atoms with Gasteiger partial charge < -0.3 is 10.1 Å². The van der Waals surface area contributed by atoms with E-state index in [9.17, 15) is 4.79 Å². The van der Waals surface area contributed by atoms with E-state index in [0.717, 1.165) is 9.13 Å². The molecule has 0 spiro atoms. The molecule has 2 aromatic rings.